The second-order valence-electron chi connectivity index (χ2n) is 14.3. The first-order valence-electron chi connectivity index (χ1n) is 15.4. The van der Waals surface area contributed by atoms with Crippen molar-refractivity contribution >= 4 is 11.9 Å². The molecular formula is C31H46O10. The lowest BCUT2D eigenvalue weighted by molar-refractivity contribution is -0.290. The monoisotopic (exact) mass is 578 g/mol. The highest BCUT2D eigenvalue weighted by Crippen LogP contribution is 2.71. The lowest BCUT2D eigenvalue weighted by Gasteiger charge is -2.66. The van der Waals surface area contributed by atoms with E-state index in [-0.39, 0.29) is 36.9 Å². The topological polar surface area (TPSA) is 152 Å². The molecule has 4 N–H and O–H groups in total. The molecule has 0 amide bonds. The van der Waals surface area contributed by atoms with Gasteiger partial charge in [-0.2, -0.15) is 0 Å². The fraction of sp³-hybridized carbons (Fsp3) is 0.871. The largest absolute Gasteiger partial charge is 0.462 e. The molecule has 0 aromatic carbocycles. The van der Waals surface area contributed by atoms with Crippen molar-refractivity contribution in [2.75, 3.05) is 6.61 Å². The van der Waals surface area contributed by atoms with Gasteiger partial charge in [0.2, 0.25) is 0 Å². The predicted molar refractivity (Wildman–Crippen MR) is 144 cm³/mol. The van der Waals surface area contributed by atoms with E-state index in [1.165, 1.54) is 13.0 Å². The van der Waals surface area contributed by atoms with Crippen LogP contribution in [0.5, 0.6) is 0 Å². The summed E-state index contributed by atoms with van der Waals surface area (Å²) < 4.78 is 23.1. The van der Waals surface area contributed by atoms with Crippen molar-refractivity contribution in [2.24, 2.45) is 28.6 Å². The molecule has 0 bridgehead atoms. The number of hydrogen-bond acceptors (Lipinski definition) is 10. The van der Waals surface area contributed by atoms with Crippen LogP contribution in [0.4, 0.5) is 0 Å². The molecule has 10 nitrogen and oxygen atoms in total. The zero-order valence-corrected chi connectivity index (χ0v) is 24.6. The Kier molecular flexibility index (Phi) is 7.19. The molecule has 0 aromatic rings. The summed E-state index contributed by atoms with van der Waals surface area (Å²) in [5.74, 6) is -1.15. The molecule has 10 heteroatoms. The van der Waals surface area contributed by atoms with Gasteiger partial charge < -0.3 is 39.4 Å². The maximum absolute atomic E-state index is 12.7. The standard InChI is InChI=1S/C31H46O10/c1-16-27(35)22(33)12-25(39-16)41-19-5-8-28(3)20-6-9-29(4)26(18-11-24(34)38-15-18)23(40-17(2)32)14-31(29,37)21(20)7-10-30(28,36)13-19/h11,16,19-23,25-27,33,35-37H,5-10,12-15H2,1-4H3/t16-,19+,20+,21-,22-,23+,25+,26-,27+,28-,29-,30+,31+/m1/s1. The maximum atomic E-state index is 12.7. The molecule has 0 unspecified atom stereocenters. The summed E-state index contributed by atoms with van der Waals surface area (Å²) >= 11 is 0. The number of esters is 2. The number of carbonyl (C=O) groups excluding carboxylic acids is 2. The Labute approximate surface area is 241 Å². The number of hydrogen-bond donors (Lipinski definition) is 4. The molecule has 1 saturated heterocycles. The number of aliphatic hydroxyl groups excluding tert-OH is 2. The van der Waals surface area contributed by atoms with E-state index in [0.717, 1.165) is 24.8 Å². The molecule has 0 aromatic heterocycles. The summed E-state index contributed by atoms with van der Waals surface area (Å²) in [6.07, 6.45) is 2.69. The van der Waals surface area contributed by atoms with Gasteiger partial charge in [-0.1, -0.05) is 13.8 Å². The van der Waals surface area contributed by atoms with E-state index < -0.39 is 64.7 Å². The normalized spacial score (nSPS) is 53.0. The minimum absolute atomic E-state index is 0.0652. The van der Waals surface area contributed by atoms with E-state index >= 15 is 0 Å². The second-order valence-corrected chi connectivity index (χ2v) is 14.3. The minimum atomic E-state index is -1.13. The Hall–Kier alpha value is -1.56. The number of ether oxygens (including phenoxy) is 4. The lowest BCUT2D eigenvalue weighted by atomic mass is 9.42. The van der Waals surface area contributed by atoms with Gasteiger partial charge in [0.05, 0.1) is 29.5 Å². The molecule has 230 valence electrons. The zero-order valence-electron chi connectivity index (χ0n) is 24.6. The van der Waals surface area contributed by atoms with E-state index in [1.807, 2.05) is 0 Å². The van der Waals surface area contributed by atoms with Crippen molar-refractivity contribution in [1.29, 1.82) is 0 Å². The maximum Gasteiger partial charge on any atom is 0.331 e. The van der Waals surface area contributed by atoms with E-state index in [0.29, 0.717) is 32.1 Å². The van der Waals surface area contributed by atoms with Crippen molar-refractivity contribution in [3.05, 3.63) is 11.6 Å². The SMILES string of the molecule is CC(=O)O[C@H]1C[C@]2(O)[C@@H]3CC[C@]4(O)C[C@@H](O[C@H]5C[C@@H](O)[C@@H](O)[C@@H](C)O5)CC[C@]4(C)[C@H]3CC[C@]2(C)[C@@H]1C1=CC(=O)OC1. The second kappa shape index (κ2) is 9.99. The van der Waals surface area contributed by atoms with Gasteiger partial charge in [-0.3, -0.25) is 4.79 Å². The van der Waals surface area contributed by atoms with Crippen LogP contribution in [0.25, 0.3) is 0 Å². The summed E-state index contributed by atoms with van der Waals surface area (Å²) in [6.45, 7) is 7.48. The first-order chi connectivity index (χ1) is 19.2. The van der Waals surface area contributed by atoms with E-state index in [2.05, 4.69) is 13.8 Å². The Morgan fingerprint density at radius 1 is 1.02 bits per heavy atom. The molecule has 41 heavy (non-hydrogen) atoms. The van der Waals surface area contributed by atoms with Crippen molar-refractivity contribution in [2.45, 2.75) is 133 Å². The van der Waals surface area contributed by atoms with Crippen molar-refractivity contribution in [3.8, 4) is 0 Å². The van der Waals surface area contributed by atoms with Crippen molar-refractivity contribution in [3.63, 3.8) is 0 Å². The molecular weight excluding hydrogens is 532 g/mol. The van der Waals surface area contributed by atoms with Gasteiger partial charge in [-0.25, -0.2) is 4.79 Å². The van der Waals surface area contributed by atoms with Gasteiger partial charge in [0.1, 0.15) is 18.8 Å². The molecule has 4 saturated carbocycles. The van der Waals surface area contributed by atoms with Gasteiger partial charge in [-0.15, -0.1) is 0 Å². The fourth-order valence-electron chi connectivity index (χ4n) is 10.2. The first kappa shape index (κ1) is 29.5. The van der Waals surface area contributed by atoms with Crippen molar-refractivity contribution in [1.82, 2.24) is 0 Å². The van der Waals surface area contributed by atoms with Crippen LogP contribution in [0.1, 0.15) is 85.5 Å². The number of aliphatic hydroxyl groups is 4. The molecule has 2 aliphatic heterocycles. The highest BCUT2D eigenvalue weighted by atomic mass is 16.7. The minimum Gasteiger partial charge on any atom is -0.462 e. The third kappa shape index (κ3) is 4.42. The van der Waals surface area contributed by atoms with E-state index in [9.17, 15) is 30.0 Å². The molecule has 6 rings (SSSR count). The molecule has 0 radical (unpaired) electrons. The third-order valence-electron chi connectivity index (χ3n) is 12.4. The summed E-state index contributed by atoms with van der Waals surface area (Å²) in [6, 6.07) is 0. The van der Waals surface area contributed by atoms with Crippen LogP contribution in [0.3, 0.4) is 0 Å². The van der Waals surface area contributed by atoms with Crippen LogP contribution in [0, 0.1) is 28.6 Å². The number of carbonyl (C=O) groups is 2. The predicted octanol–water partition coefficient (Wildman–Crippen LogP) is 2.14. The molecule has 2 heterocycles. The average Bonchev–Trinajstić information content (AvgIpc) is 3.39. The van der Waals surface area contributed by atoms with E-state index in [4.69, 9.17) is 18.9 Å². The van der Waals surface area contributed by atoms with Crippen LogP contribution in [-0.4, -0.2) is 87.0 Å². The molecule has 4 aliphatic carbocycles. The molecule has 0 spiro atoms. The summed E-state index contributed by atoms with van der Waals surface area (Å²) in [7, 11) is 0. The van der Waals surface area contributed by atoms with Gasteiger partial charge >= 0.3 is 11.9 Å². The third-order valence-corrected chi connectivity index (χ3v) is 12.4. The average molecular weight is 579 g/mol. The molecule has 5 fully saturated rings. The summed E-state index contributed by atoms with van der Waals surface area (Å²) in [5.41, 5.74) is -2.38. The number of fused-ring (bicyclic) bond motifs is 5. The van der Waals surface area contributed by atoms with Gasteiger partial charge in [0.15, 0.2) is 6.29 Å². The quantitative estimate of drug-likeness (QED) is 0.288. The van der Waals surface area contributed by atoms with Gasteiger partial charge in [0.25, 0.3) is 0 Å². The smallest absolute Gasteiger partial charge is 0.331 e. The molecule has 13 atom stereocenters. The van der Waals surface area contributed by atoms with Crippen LogP contribution < -0.4 is 0 Å². The van der Waals surface area contributed by atoms with Gasteiger partial charge in [-0.05, 0) is 68.3 Å². The first-order valence-corrected chi connectivity index (χ1v) is 15.4. The number of rotatable bonds is 4. The van der Waals surface area contributed by atoms with Crippen molar-refractivity contribution < 1.29 is 49.0 Å². The van der Waals surface area contributed by atoms with Crippen LogP contribution in [0.2, 0.25) is 0 Å². The Morgan fingerprint density at radius 3 is 2.39 bits per heavy atom. The van der Waals surface area contributed by atoms with Crippen LogP contribution in [0.15, 0.2) is 11.6 Å². The zero-order chi connectivity index (χ0) is 29.5. The lowest BCUT2D eigenvalue weighted by Crippen LogP contribution is -2.67. The number of cyclic esters (lactones) is 1. The van der Waals surface area contributed by atoms with Gasteiger partial charge in [0, 0.05) is 43.6 Å². The Bertz CT molecular complexity index is 1100. The van der Waals surface area contributed by atoms with Crippen LogP contribution >= 0.6 is 0 Å². The summed E-state index contributed by atoms with van der Waals surface area (Å²) in [5, 5.41) is 45.1. The Morgan fingerprint density at radius 2 is 1.73 bits per heavy atom. The fourth-order valence-corrected chi connectivity index (χ4v) is 10.2. The highest BCUT2D eigenvalue weighted by Gasteiger charge is 2.72. The molecule has 6 aliphatic rings. The Balaban J connectivity index is 1.23. The van der Waals surface area contributed by atoms with Crippen LogP contribution in [-0.2, 0) is 28.5 Å². The summed E-state index contributed by atoms with van der Waals surface area (Å²) in [4.78, 5) is 24.1. The highest BCUT2D eigenvalue weighted by molar-refractivity contribution is 5.85. The van der Waals surface area contributed by atoms with E-state index in [1.54, 1.807) is 6.92 Å².